The van der Waals surface area contributed by atoms with Crippen LogP contribution in [0.15, 0.2) is 78.0 Å². The quantitative estimate of drug-likeness (QED) is 0.324. The van der Waals surface area contributed by atoms with Crippen LogP contribution < -0.4 is 0 Å². The second-order valence-electron chi connectivity index (χ2n) is 8.10. The molecule has 2 N–H and O–H groups in total. The molecule has 0 unspecified atom stereocenters. The molecule has 0 bridgehead atoms. The molecule has 3 heterocycles. The van der Waals surface area contributed by atoms with Crippen LogP contribution in [-0.2, 0) is 5.41 Å². The fourth-order valence-electron chi connectivity index (χ4n) is 5.12. The lowest BCUT2D eigenvalue weighted by atomic mass is 9.67. The summed E-state index contributed by atoms with van der Waals surface area (Å²) in [5, 5.41) is 2.45. The molecule has 3 aromatic carbocycles. The van der Waals surface area contributed by atoms with Crippen LogP contribution in [0.4, 0.5) is 4.39 Å². The summed E-state index contributed by atoms with van der Waals surface area (Å²) in [4.78, 5) is 8.01. The fourth-order valence-corrected chi connectivity index (χ4v) is 6.32. The van der Waals surface area contributed by atoms with E-state index in [0.29, 0.717) is 5.56 Å². The van der Waals surface area contributed by atoms with Gasteiger partial charge >= 0.3 is 0 Å². The fraction of sp³-hybridized carbons (Fsp3) is 0.154. The van der Waals surface area contributed by atoms with Crippen molar-refractivity contribution >= 4 is 33.6 Å². The SMILES string of the molecule is Cc1cc2c(cc1F)SCCC2(c1c[nH]c2ccccc12)c1c[nH]c2ccccc12. The van der Waals surface area contributed by atoms with Crippen molar-refractivity contribution < 1.29 is 4.39 Å². The zero-order valence-electron chi connectivity index (χ0n) is 16.6. The van der Waals surface area contributed by atoms with Crippen LogP contribution in [0.1, 0.15) is 28.7 Å². The van der Waals surface area contributed by atoms with Gasteiger partial charge < -0.3 is 9.97 Å². The Morgan fingerprint density at radius 2 is 1.43 bits per heavy atom. The Kier molecular flexibility index (Phi) is 3.87. The molecule has 0 saturated heterocycles. The van der Waals surface area contributed by atoms with Crippen molar-refractivity contribution in [3.05, 3.63) is 101 Å². The lowest BCUT2D eigenvalue weighted by molar-refractivity contribution is 0.571. The number of hydrogen-bond acceptors (Lipinski definition) is 1. The second kappa shape index (κ2) is 6.51. The molecular weight excluding hydrogens is 391 g/mol. The molecule has 30 heavy (non-hydrogen) atoms. The number of halogens is 1. The highest BCUT2D eigenvalue weighted by Gasteiger charge is 2.43. The van der Waals surface area contributed by atoms with Gasteiger partial charge in [-0.1, -0.05) is 42.5 Å². The highest BCUT2D eigenvalue weighted by Crippen LogP contribution is 2.53. The molecule has 0 amide bonds. The molecule has 2 nitrogen and oxygen atoms in total. The monoisotopic (exact) mass is 412 g/mol. The number of aromatic amines is 2. The van der Waals surface area contributed by atoms with E-state index in [2.05, 4.69) is 77.0 Å². The molecule has 1 aliphatic heterocycles. The zero-order valence-corrected chi connectivity index (χ0v) is 17.4. The Hall–Kier alpha value is -2.98. The first-order valence-corrected chi connectivity index (χ1v) is 11.2. The number of hydrogen-bond donors (Lipinski definition) is 2. The summed E-state index contributed by atoms with van der Waals surface area (Å²) < 4.78 is 14.5. The van der Waals surface area contributed by atoms with Crippen molar-refractivity contribution in [3.8, 4) is 0 Å². The van der Waals surface area contributed by atoms with E-state index in [0.717, 1.165) is 28.1 Å². The van der Waals surface area contributed by atoms with Gasteiger partial charge in [0.25, 0.3) is 0 Å². The van der Waals surface area contributed by atoms with E-state index in [1.165, 1.54) is 27.5 Å². The van der Waals surface area contributed by atoms with Gasteiger partial charge in [0.1, 0.15) is 5.82 Å². The van der Waals surface area contributed by atoms with Crippen LogP contribution in [0.5, 0.6) is 0 Å². The maximum absolute atomic E-state index is 14.5. The van der Waals surface area contributed by atoms with Gasteiger partial charge in [0, 0.05) is 39.1 Å². The largest absolute Gasteiger partial charge is 0.361 e. The molecule has 0 saturated carbocycles. The number of aryl methyl sites for hydroxylation is 1. The summed E-state index contributed by atoms with van der Waals surface area (Å²) in [7, 11) is 0. The molecule has 2 aromatic heterocycles. The van der Waals surface area contributed by atoms with Gasteiger partial charge in [-0.15, -0.1) is 11.8 Å². The van der Waals surface area contributed by atoms with Crippen LogP contribution in [0.2, 0.25) is 0 Å². The topological polar surface area (TPSA) is 31.6 Å². The minimum atomic E-state index is -0.349. The van der Waals surface area contributed by atoms with Gasteiger partial charge in [0.15, 0.2) is 0 Å². The first kappa shape index (κ1) is 17.8. The summed E-state index contributed by atoms with van der Waals surface area (Å²) in [6, 6.07) is 20.7. The molecule has 5 aromatic rings. The van der Waals surface area contributed by atoms with Gasteiger partial charge in [-0.2, -0.15) is 0 Å². The Morgan fingerprint density at radius 1 is 0.833 bits per heavy atom. The van der Waals surface area contributed by atoms with Gasteiger partial charge in [0.05, 0.1) is 5.41 Å². The van der Waals surface area contributed by atoms with E-state index >= 15 is 0 Å². The molecule has 0 radical (unpaired) electrons. The maximum Gasteiger partial charge on any atom is 0.127 e. The Labute approximate surface area is 178 Å². The number of thioether (sulfide) groups is 1. The minimum absolute atomic E-state index is 0.130. The van der Waals surface area contributed by atoms with Gasteiger partial charge in [0.2, 0.25) is 0 Å². The third-order valence-electron chi connectivity index (χ3n) is 6.55. The van der Waals surface area contributed by atoms with E-state index < -0.39 is 0 Å². The van der Waals surface area contributed by atoms with Crippen molar-refractivity contribution in [1.29, 1.82) is 0 Å². The first-order chi connectivity index (χ1) is 14.7. The number of para-hydroxylation sites is 2. The minimum Gasteiger partial charge on any atom is -0.361 e. The summed E-state index contributed by atoms with van der Waals surface area (Å²) in [5.41, 5.74) is 6.33. The van der Waals surface area contributed by atoms with E-state index in [1.54, 1.807) is 17.8 Å². The molecule has 0 aliphatic carbocycles. The number of H-pyrrole nitrogens is 2. The summed E-state index contributed by atoms with van der Waals surface area (Å²) in [5.74, 6) is 0.809. The van der Waals surface area contributed by atoms with Crippen molar-refractivity contribution in [2.24, 2.45) is 0 Å². The standard InChI is InChI=1S/C26H21FN2S/c1-16-12-19-25(13-22(16)27)30-11-10-26(19,20-14-28-23-8-4-2-6-17(20)23)21-15-29-24-9-5-3-7-18(21)24/h2-9,12-15,28-29H,10-11H2,1H3. The number of nitrogens with one attached hydrogen (secondary N) is 2. The zero-order chi connectivity index (χ0) is 20.3. The number of aromatic nitrogens is 2. The van der Waals surface area contributed by atoms with Crippen LogP contribution in [0.25, 0.3) is 21.8 Å². The van der Waals surface area contributed by atoms with Gasteiger partial charge in [-0.25, -0.2) is 4.39 Å². The van der Waals surface area contributed by atoms with Crippen LogP contribution in [0.3, 0.4) is 0 Å². The van der Waals surface area contributed by atoms with Crippen molar-refractivity contribution in [2.45, 2.75) is 23.7 Å². The Balaban J connectivity index is 1.77. The summed E-state index contributed by atoms with van der Waals surface area (Å²) in [6.45, 7) is 1.87. The average molecular weight is 413 g/mol. The molecule has 148 valence electrons. The van der Waals surface area contributed by atoms with E-state index in [9.17, 15) is 4.39 Å². The highest BCUT2D eigenvalue weighted by atomic mass is 32.2. The average Bonchev–Trinajstić information content (AvgIpc) is 3.39. The Morgan fingerprint density at radius 3 is 2.07 bits per heavy atom. The third-order valence-corrected chi connectivity index (χ3v) is 7.61. The summed E-state index contributed by atoms with van der Waals surface area (Å²) >= 11 is 1.76. The molecule has 0 fully saturated rings. The molecule has 0 spiro atoms. The van der Waals surface area contributed by atoms with E-state index in [1.807, 2.05) is 6.92 Å². The Bertz CT molecular complexity index is 1340. The van der Waals surface area contributed by atoms with Gasteiger partial charge in [-0.3, -0.25) is 0 Å². The maximum atomic E-state index is 14.5. The predicted molar refractivity (Wildman–Crippen MR) is 123 cm³/mol. The predicted octanol–water partition coefficient (Wildman–Crippen LogP) is 6.93. The molecule has 1 aliphatic rings. The van der Waals surface area contributed by atoms with Crippen LogP contribution in [-0.4, -0.2) is 15.7 Å². The lowest BCUT2D eigenvalue weighted by Crippen LogP contribution is -2.33. The van der Waals surface area contributed by atoms with Crippen molar-refractivity contribution in [1.82, 2.24) is 9.97 Å². The number of fused-ring (bicyclic) bond motifs is 3. The molecule has 4 heteroatoms. The van der Waals surface area contributed by atoms with Crippen molar-refractivity contribution in [2.75, 3.05) is 5.75 Å². The van der Waals surface area contributed by atoms with E-state index in [-0.39, 0.29) is 11.2 Å². The van der Waals surface area contributed by atoms with Gasteiger partial charge in [-0.05, 0) is 59.6 Å². The van der Waals surface area contributed by atoms with Crippen LogP contribution in [0, 0.1) is 12.7 Å². The molecule has 0 atom stereocenters. The van der Waals surface area contributed by atoms with E-state index in [4.69, 9.17) is 0 Å². The second-order valence-corrected chi connectivity index (χ2v) is 9.23. The first-order valence-electron chi connectivity index (χ1n) is 10.2. The smallest absolute Gasteiger partial charge is 0.127 e. The normalized spacial score (nSPS) is 15.5. The lowest BCUT2D eigenvalue weighted by Gasteiger charge is -2.39. The molecule has 6 rings (SSSR count). The van der Waals surface area contributed by atoms with Crippen molar-refractivity contribution in [3.63, 3.8) is 0 Å². The third kappa shape index (κ3) is 2.37. The van der Waals surface area contributed by atoms with Crippen LogP contribution >= 0.6 is 11.8 Å². The summed E-state index contributed by atoms with van der Waals surface area (Å²) in [6.07, 6.45) is 5.27. The highest BCUT2D eigenvalue weighted by molar-refractivity contribution is 7.99. The number of benzene rings is 3. The molecular formula is C26H21FN2S. The number of rotatable bonds is 2.